The fraction of sp³-hybridized carbons (Fsp3) is 0.300. The van der Waals surface area contributed by atoms with E-state index < -0.39 is 24.4 Å². The number of hydrogen-bond donors (Lipinski definition) is 4. The highest BCUT2D eigenvalue weighted by atomic mass is 16.6. The number of rotatable bonds is 4. The summed E-state index contributed by atoms with van der Waals surface area (Å²) in [5, 5.41) is 30.8. The Balaban J connectivity index is 1.76. The highest BCUT2D eigenvalue weighted by Crippen LogP contribution is 2.40. The van der Waals surface area contributed by atoms with Crippen molar-refractivity contribution in [2.24, 2.45) is 0 Å². The number of aliphatic hydroxyl groups excluding tert-OH is 3. The van der Waals surface area contributed by atoms with Gasteiger partial charge in [0.25, 0.3) is 0 Å². The number of aliphatic hydroxyl groups is 3. The minimum atomic E-state index is -1.14. The summed E-state index contributed by atoms with van der Waals surface area (Å²) in [7, 11) is 1.55. The second kappa shape index (κ2) is 6.74. The Hall–Kier alpha value is -2.38. The largest absolute Gasteiger partial charge is 0.496 e. The summed E-state index contributed by atoms with van der Waals surface area (Å²) >= 11 is 0. The molecule has 4 N–H and O–H groups in total. The molecule has 1 aromatic heterocycles. The van der Waals surface area contributed by atoms with Crippen LogP contribution in [0.1, 0.15) is 11.7 Å². The van der Waals surface area contributed by atoms with Crippen molar-refractivity contribution in [1.29, 1.82) is 0 Å². The van der Waals surface area contributed by atoms with Crippen molar-refractivity contribution < 1.29 is 24.8 Å². The van der Waals surface area contributed by atoms with E-state index in [0.717, 1.165) is 22.0 Å². The molecule has 0 aliphatic carbocycles. The zero-order chi connectivity index (χ0) is 18.3. The van der Waals surface area contributed by atoms with Gasteiger partial charge in [0.15, 0.2) is 0 Å². The first kappa shape index (κ1) is 17.1. The molecule has 0 bridgehead atoms. The highest BCUT2D eigenvalue weighted by molar-refractivity contribution is 5.85. The molecule has 0 spiro atoms. The minimum Gasteiger partial charge on any atom is -0.496 e. The molecule has 0 unspecified atom stereocenters. The molecular formula is C20H21NO5. The Morgan fingerprint density at radius 2 is 1.81 bits per heavy atom. The van der Waals surface area contributed by atoms with Crippen LogP contribution in [0.2, 0.25) is 0 Å². The quantitative estimate of drug-likeness (QED) is 0.574. The SMILES string of the molecule is COc1ccc(-c2ccc3[nH]ccc3c2)cc1[C@@H]1O[C@H](CO)[C@@H](O)[C@H]1O. The van der Waals surface area contributed by atoms with Crippen LogP contribution in [0.3, 0.4) is 0 Å². The molecule has 6 nitrogen and oxygen atoms in total. The summed E-state index contributed by atoms with van der Waals surface area (Å²) in [6.07, 6.45) is -1.97. The smallest absolute Gasteiger partial charge is 0.124 e. The standard InChI is InChI=1S/C20H21NO5/c1-25-16-5-3-12(11-2-4-15-13(8-11)6-7-21-15)9-14(16)20-19(24)18(23)17(10-22)26-20/h2-9,17-24H,10H2,1H3/t17-,18-,19-,20+/m1/s1. The molecule has 3 aromatic rings. The van der Waals surface area contributed by atoms with E-state index >= 15 is 0 Å². The van der Waals surface area contributed by atoms with Crippen LogP contribution in [-0.2, 0) is 4.74 Å². The zero-order valence-corrected chi connectivity index (χ0v) is 14.3. The van der Waals surface area contributed by atoms with E-state index in [4.69, 9.17) is 9.47 Å². The molecule has 4 rings (SSSR count). The number of benzene rings is 2. The molecule has 1 aliphatic heterocycles. The Labute approximate surface area is 150 Å². The Morgan fingerprint density at radius 1 is 1.04 bits per heavy atom. The summed E-state index contributed by atoms with van der Waals surface area (Å²) in [6.45, 7) is -0.360. The molecule has 1 saturated heterocycles. The van der Waals surface area contributed by atoms with Crippen LogP contribution < -0.4 is 4.74 Å². The van der Waals surface area contributed by atoms with Crippen LogP contribution in [0.15, 0.2) is 48.7 Å². The maximum absolute atomic E-state index is 10.4. The van der Waals surface area contributed by atoms with E-state index in [0.29, 0.717) is 11.3 Å². The fourth-order valence-corrected chi connectivity index (χ4v) is 3.53. The van der Waals surface area contributed by atoms with Gasteiger partial charge in [0, 0.05) is 17.3 Å². The van der Waals surface area contributed by atoms with E-state index in [1.54, 1.807) is 7.11 Å². The van der Waals surface area contributed by atoms with Gasteiger partial charge in [-0.1, -0.05) is 12.1 Å². The predicted molar refractivity (Wildman–Crippen MR) is 97.0 cm³/mol. The first-order valence-corrected chi connectivity index (χ1v) is 8.50. The van der Waals surface area contributed by atoms with Crippen molar-refractivity contribution in [3.63, 3.8) is 0 Å². The van der Waals surface area contributed by atoms with Crippen molar-refractivity contribution in [2.75, 3.05) is 13.7 Å². The van der Waals surface area contributed by atoms with Gasteiger partial charge < -0.3 is 29.8 Å². The van der Waals surface area contributed by atoms with Crippen molar-refractivity contribution in [3.8, 4) is 16.9 Å². The lowest BCUT2D eigenvalue weighted by Gasteiger charge is -2.19. The molecule has 2 heterocycles. The third-order valence-electron chi connectivity index (χ3n) is 4.97. The number of methoxy groups -OCH3 is 1. The third kappa shape index (κ3) is 2.77. The van der Waals surface area contributed by atoms with Gasteiger partial charge in [-0.2, -0.15) is 0 Å². The van der Waals surface area contributed by atoms with Crippen molar-refractivity contribution in [3.05, 3.63) is 54.2 Å². The van der Waals surface area contributed by atoms with E-state index in [9.17, 15) is 15.3 Å². The third-order valence-corrected chi connectivity index (χ3v) is 4.97. The summed E-state index contributed by atoms with van der Waals surface area (Å²) in [6, 6.07) is 13.8. The number of ether oxygens (including phenoxy) is 2. The zero-order valence-electron chi connectivity index (χ0n) is 14.3. The second-order valence-corrected chi connectivity index (χ2v) is 6.50. The van der Waals surface area contributed by atoms with Gasteiger partial charge in [0.05, 0.1) is 13.7 Å². The molecule has 26 heavy (non-hydrogen) atoms. The van der Waals surface area contributed by atoms with Crippen LogP contribution in [-0.4, -0.2) is 52.3 Å². The van der Waals surface area contributed by atoms with Crippen molar-refractivity contribution >= 4 is 10.9 Å². The summed E-state index contributed by atoms with van der Waals surface area (Å²) < 4.78 is 11.1. The van der Waals surface area contributed by atoms with Crippen molar-refractivity contribution in [1.82, 2.24) is 4.98 Å². The molecule has 6 heteroatoms. The predicted octanol–water partition coefficient (Wildman–Crippen LogP) is 2.00. The maximum atomic E-state index is 10.4. The average Bonchev–Trinajstić information content (AvgIpc) is 3.25. The molecule has 136 valence electrons. The number of hydrogen-bond acceptors (Lipinski definition) is 5. The Kier molecular flexibility index (Phi) is 4.42. The minimum absolute atomic E-state index is 0.360. The number of aromatic nitrogens is 1. The monoisotopic (exact) mass is 355 g/mol. The lowest BCUT2D eigenvalue weighted by Crippen LogP contribution is -2.32. The summed E-state index contributed by atoms with van der Waals surface area (Å²) in [5.41, 5.74) is 3.67. The number of aromatic amines is 1. The normalized spacial score (nSPS) is 25.7. The van der Waals surface area contributed by atoms with Gasteiger partial charge in [-0.05, 0) is 46.8 Å². The average molecular weight is 355 g/mol. The number of fused-ring (bicyclic) bond motifs is 1. The first-order valence-electron chi connectivity index (χ1n) is 8.50. The van der Waals surface area contributed by atoms with E-state index in [2.05, 4.69) is 11.1 Å². The molecular weight excluding hydrogens is 334 g/mol. The van der Waals surface area contributed by atoms with E-state index in [1.807, 2.05) is 42.6 Å². The van der Waals surface area contributed by atoms with Gasteiger partial charge in [-0.25, -0.2) is 0 Å². The van der Waals surface area contributed by atoms with Gasteiger partial charge in [0.1, 0.15) is 30.2 Å². The van der Waals surface area contributed by atoms with Gasteiger partial charge >= 0.3 is 0 Å². The van der Waals surface area contributed by atoms with Crippen molar-refractivity contribution in [2.45, 2.75) is 24.4 Å². The first-order chi connectivity index (χ1) is 12.6. The summed E-state index contributed by atoms with van der Waals surface area (Å²) in [5.74, 6) is 0.561. The fourth-order valence-electron chi connectivity index (χ4n) is 3.53. The van der Waals surface area contributed by atoms with Gasteiger partial charge in [-0.15, -0.1) is 0 Å². The van der Waals surface area contributed by atoms with Crippen LogP contribution in [0.25, 0.3) is 22.0 Å². The lowest BCUT2D eigenvalue weighted by molar-refractivity contribution is -0.0233. The maximum Gasteiger partial charge on any atom is 0.124 e. The number of nitrogens with one attached hydrogen (secondary N) is 1. The lowest BCUT2D eigenvalue weighted by atomic mass is 9.96. The molecule has 4 atom stereocenters. The second-order valence-electron chi connectivity index (χ2n) is 6.50. The van der Waals surface area contributed by atoms with E-state index in [1.165, 1.54) is 0 Å². The molecule has 1 fully saturated rings. The molecule has 0 radical (unpaired) electrons. The van der Waals surface area contributed by atoms with E-state index in [-0.39, 0.29) is 6.61 Å². The Morgan fingerprint density at radius 3 is 2.54 bits per heavy atom. The van der Waals surface area contributed by atoms with Gasteiger partial charge in [-0.3, -0.25) is 0 Å². The van der Waals surface area contributed by atoms with Crippen LogP contribution in [0, 0.1) is 0 Å². The van der Waals surface area contributed by atoms with Crippen LogP contribution in [0.5, 0.6) is 5.75 Å². The van der Waals surface area contributed by atoms with Crippen LogP contribution >= 0.6 is 0 Å². The van der Waals surface area contributed by atoms with Gasteiger partial charge in [0.2, 0.25) is 0 Å². The summed E-state index contributed by atoms with van der Waals surface area (Å²) in [4.78, 5) is 3.17. The molecule has 0 saturated carbocycles. The highest BCUT2D eigenvalue weighted by Gasteiger charge is 2.44. The van der Waals surface area contributed by atoms with Crippen LogP contribution in [0.4, 0.5) is 0 Å². The molecule has 1 aliphatic rings. The number of H-pyrrole nitrogens is 1. The Bertz CT molecular complexity index is 921. The molecule has 2 aromatic carbocycles. The molecule has 0 amide bonds. The topological polar surface area (TPSA) is 94.9 Å².